The van der Waals surface area contributed by atoms with E-state index in [1.165, 1.54) is 0 Å². The van der Waals surface area contributed by atoms with Gasteiger partial charge in [-0.1, -0.05) is 0 Å². The van der Waals surface area contributed by atoms with E-state index in [0.717, 1.165) is 26.1 Å². The van der Waals surface area contributed by atoms with E-state index < -0.39 is 0 Å². The molecule has 2 saturated heterocycles. The van der Waals surface area contributed by atoms with Gasteiger partial charge in [0.1, 0.15) is 6.04 Å². The van der Waals surface area contributed by atoms with Crippen LogP contribution in [-0.2, 0) is 9.59 Å². The maximum atomic E-state index is 12.0. The smallest absolute Gasteiger partial charge is 0.245 e. The third kappa shape index (κ3) is 2.35. The van der Waals surface area contributed by atoms with Gasteiger partial charge in [0.05, 0.1) is 0 Å². The van der Waals surface area contributed by atoms with E-state index in [-0.39, 0.29) is 17.9 Å². The Labute approximate surface area is 95.6 Å². The monoisotopic (exact) mass is 225 g/mol. The molecule has 0 spiro atoms. The van der Waals surface area contributed by atoms with Gasteiger partial charge in [0.15, 0.2) is 0 Å². The zero-order chi connectivity index (χ0) is 11.5. The van der Waals surface area contributed by atoms with Crippen LogP contribution in [0.4, 0.5) is 0 Å². The second-order valence-corrected chi connectivity index (χ2v) is 4.66. The molecule has 5 nitrogen and oxygen atoms in total. The fourth-order valence-electron chi connectivity index (χ4n) is 2.51. The topological polar surface area (TPSA) is 61.4 Å². The van der Waals surface area contributed by atoms with Crippen molar-refractivity contribution in [2.24, 2.45) is 5.92 Å². The van der Waals surface area contributed by atoms with Crippen LogP contribution in [0.25, 0.3) is 0 Å². The van der Waals surface area contributed by atoms with Crippen molar-refractivity contribution in [3.05, 3.63) is 0 Å². The fourth-order valence-corrected chi connectivity index (χ4v) is 2.51. The first-order chi connectivity index (χ1) is 7.70. The lowest BCUT2D eigenvalue weighted by Gasteiger charge is -2.20. The molecule has 2 aliphatic heterocycles. The van der Waals surface area contributed by atoms with E-state index in [0.29, 0.717) is 18.8 Å². The molecule has 2 aliphatic rings. The van der Waals surface area contributed by atoms with Gasteiger partial charge in [0, 0.05) is 19.5 Å². The van der Waals surface area contributed by atoms with Gasteiger partial charge in [-0.15, -0.1) is 0 Å². The van der Waals surface area contributed by atoms with Gasteiger partial charge in [0.25, 0.3) is 0 Å². The van der Waals surface area contributed by atoms with Gasteiger partial charge in [-0.05, 0) is 32.4 Å². The molecule has 0 aromatic heterocycles. The average Bonchev–Trinajstić information content (AvgIpc) is 2.87. The highest BCUT2D eigenvalue weighted by Crippen LogP contribution is 2.18. The number of hydrogen-bond donors (Lipinski definition) is 2. The van der Waals surface area contributed by atoms with Crippen molar-refractivity contribution in [2.75, 3.05) is 26.7 Å². The van der Waals surface area contributed by atoms with E-state index in [1.54, 1.807) is 0 Å². The van der Waals surface area contributed by atoms with Gasteiger partial charge in [-0.3, -0.25) is 9.59 Å². The first-order valence-electron chi connectivity index (χ1n) is 5.93. The highest BCUT2D eigenvalue weighted by atomic mass is 16.2. The molecule has 16 heavy (non-hydrogen) atoms. The number of carbonyl (C=O) groups is 2. The Morgan fingerprint density at radius 3 is 3.00 bits per heavy atom. The van der Waals surface area contributed by atoms with E-state index >= 15 is 0 Å². The van der Waals surface area contributed by atoms with Crippen LogP contribution in [0, 0.1) is 5.92 Å². The largest absolute Gasteiger partial charge is 0.344 e. The molecule has 1 unspecified atom stereocenters. The van der Waals surface area contributed by atoms with Gasteiger partial charge < -0.3 is 15.5 Å². The average molecular weight is 225 g/mol. The van der Waals surface area contributed by atoms with Crippen LogP contribution in [0.3, 0.4) is 0 Å². The highest BCUT2D eigenvalue weighted by molar-refractivity contribution is 5.90. The summed E-state index contributed by atoms with van der Waals surface area (Å²) in [4.78, 5) is 25.0. The van der Waals surface area contributed by atoms with Crippen molar-refractivity contribution < 1.29 is 9.59 Å². The summed E-state index contributed by atoms with van der Waals surface area (Å²) in [6.07, 6.45) is 2.21. The highest BCUT2D eigenvalue weighted by Gasteiger charge is 2.34. The maximum Gasteiger partial charge on any atom is 0.245 e. The second-order valence-electron chi connectivity index (χ2n) is 4.66. The van der Waals surface area contributed by atoms with E-state index in [2.05, 4.69) is 10.6 Å². The van der Waals surface area contributed by atoms with Crippen molar-refractivity contribution in [3.63, 3.8) is 0 Å². The summed E-state index contributed by atoms with van der Waals surface area (Å²) in [6.45, 7) is 2.62. The molecule has 0 bridgehead atoms. The van der Waals surface area contributed by atoms with Crippen LogP contribution in [0.1, 0.15) is 19.3 Å². The molecule has 0 aromatic rings. The minimum atomic E-state index is -0.263. The lowest BCUT2D eigenvalue weighted by molar-refractivity contribution is -0.133. The van der Waals surface area contributed by atoms with E-state index in [9.17, 15) is 9.59 Å². The molecular weight excluding hydrogens is 206 g/mol. The van der Waals surface area contributed by atoms with Crippen LogP contribution in [0.15, 0.2) is 0 Å². The van der Waals surface area contributed by atoms with Crippen molar-refractivity contribution in [1.29, 1.82) is 0 Å². The number of nitrogens with zero attached hydrogens (tertiary/aromatic N) is 1. The number of amides is 2. The standard InChI is InChI=1S/C11H19N3O2/c1-12-6-8-4-5-14(7-8)11(16)9-2-3-10(15)13-9/h8-9,12H,2-7H2,1H3,(H,13,15)/t8?,9-/m1/s1. The van der Waals surface area contributed by atoms with Crippen molar-refractivity contribution in [1.82, 2.24) is 15.5 Å². The lowest BCUT2D eigenvalue weighted by atomic mass is 10.1. The minimum absolute atomic E-state index is 0.00400. The summed E-state index contributed by atoms with van der Waals surface area (Å²) in [5.74, 6) is 0.667. The van der Waals surface area contributed by atoms with Crippen LogP contribution in [0.5, 0.6) is 0 Å². The molecule has 2 atom stereocenters. The quantitative estimate of drug-likeness (QED) is 0.670. The summed E-state index contributed by atoms with van der Waals surface area (Å²) in [7, 11) is 1.93. The molecule has 2 amide bonds. The fraction of sp³-hybridized carbons (Fsp3) is 0.818. The third-order valence-electron chi connectivity index (χ3n) is 3.38. The first-order valence-corrected chi connectivity index (χ1v) is 5.93. The Bertz CT molecular complexity index is 293. The Kier molecular flexibility index (Phi) is 3.43. The zero-order valence-electron chi connectivity index (χ0n) is 9.66. The Morgan fingerprint density at radius 2 is 2.38 bits per heavy atom. The van der Waals surface area contributed by atoms with E-state index in [1.807, 2.05) is 11.9 Å². The summed E-state index contributed by atoms with van der Waals surface area (Å²) in [5, 5.41) is 5.87. The molecule has 0 saturated carbocycles. The normalized spacial score (nSPS) is 29.6. The molecule has 2 rings (SSSR count). The van der Waals surface area contributed by atoms with Gasteiger partial charge in [-0.2, -0.15) is 0 Å². The first kappa shape index (κ1) is 11.4. The van der Waals surface area contributed by atoms with Crippen molar-refractivity contribution in [2.45, 2.75) is 25.3 Å². The molecule has 2 heterocycles. The number of likely N-dealkylation sites (tertiary alicyclic amines) is 1. The summed E-state index contributed by atoms with van der Waals surface area (Å²) in [6, 6.07) is -0.263. The SMILES string of the molecule is CNCC1CCN(C(=O)[C@H]2CCC(=O)N2)C1. The maximum absolute atomic E-state index is 12.0. The molecule has 5 heteroatoms. The third-order valence-corrected chi connectivity index (χ3v) is 3.38. The molecule has 0 aliphatic carbocycles. The summed E-state index contributed by atoms with van der Waals surface area (Å²) in [5.41, 5.74) is 0. The van der Waals surface area contributed by atoms with Crippen LogP contribution in [0.2, 0.25) is 0 Å². The lowest BCUT2D eigenvalue weighted by Crippen LogP contribution is -2.43. The Hall–Kier alpha value is -1.10. The Balaban J connectivity index is 1.84. The summed E-state index contributed by atoms with van der Waals surface area (Å²) < 4.78 is 0. The van der Waals surface area contributed by atoms with Gasteiger partial charge in [-0.25, -0.2) is 0 Å². The van der Waals surface area contributed by atoms with Crippen LogP contribution in [-0.4, -0.2) is 49.4 Å². The Morgan fingerprint density at radius 1 is 1.56 bits per heavy atom. The molecule has 2 N–H and O–H groups in total. The van der Waals surface area contributed by atoms with Gasteiger partial charge in [0.2, 0.25) is 11.8 Å². The molecule has 0 aromatic carbocycles. The summed E-state index contributed by atoms with van der Waals surface area (Å²) >= 11 is 0. The van der Waals surface area contributed by atoms with Gasteiger partial charge >= 0.3 is 0 Å². The van der Waals surface area contributed by atoms with Crippen LogP contribution < -0.4 is 10.6 Å². The molecule has 90 valence electrons. The minimum Gasteiger partial charge on any atom is -0.344 e. The predicted octanol–water partition coefficient (Wildman–Crippen LogP) is -0.667. The molecule has 0 radical (unpaired) electrons. The number of carbonyl (C=O) groups excluding carboxylic acids is 2. The second kappa shape index (κ2) is 4.82. The number of nitrogens with one attached hydrogen (secondary N) is 2. The van der Waals surface area contributed by atoms with E-state index in [4.69, 9.17) is 0 Å². The van der Waals surface area contributed by atoms with Crippen molar-refractivity contribution in [3.8, 4) is 0 Å². The zero-order valence-corrected chi connectivity index (χ0v) is 9.66. The van der Waals surface area contributed by atoms with Crippen LogP contribution >= 0.6 is 0 Å². The number of hydrogen-bond acceptors (Lipinski definition) is 3. The molecule has 2 fully saturated rings. The number of rotatable bonds is 3. The van der Waals surface area contributed by atoms with Crippen molar-refractivity contribution >= 4 is 11.8 Å². The predicted molar refractivity (Wildman–Crippen MR) is 59.8 cm³/mol. The molecular formula is C11H19N3O2.